The Morgan fingerprint density at radius 3 is 2.58 bits per heavy atom. The third-order valence-electron chi connectivity index (χ3n) is 4.93. The zero-order valence-electron chi connectivity index (χ0n) is 15.2. The van der Waals surface area contributed by atoms with Crippen molar-refractivity contribution in [1.29, 1.82) is 0 Å². The van der Waals surface area contributed by atoms with Gasteiger partial charge in [-0.05, 0) is 30.0 Å². The molecule has 7 heteroatoms. The number of carbonyl (C=O) groups excluding carboxylic acids is 1. The molecule has 0 radical (unpaired) electrons. The number of halogens is 1. The number of carbonyl (C=O) groups is 1. The zero-order valence-corrected chi connectivity index (χ0v) is 15.2. The minimum Gasteiger partial charge on any atom is -0.336 e. The molecule has 0 saturated carbocycles. The lowest BCUT2D eigenvalue weighted by Crippen LogP contribution is -2.45. The summed E-state index contributed by atoms with van der Waals surface area (Å²) in [4.78, 5) is 28.2. The summed E-state index contributed by atoms with van der Waals surface area (Å²) in [5.41, 5.74) is 1.05. The summed E-state index contributed by atoms with van der Waals surface area (Å²) in [5.74, 6) is -0.0333. The smallest absolute Gasteiger partial charge is 0.271 e. The fraction of sp³-hybridized carbons (Fsp3) is 0.474. The number of nitrogens with one attached hydrogen (secondary N) is 2. The molecule has 2 heterocycles. The molecule has 6 nitrogen and oxygen atoms in total. The molecule has 140 valence electrons. The average Bonchev–Trinajstić information content (AvgIpc) is 2.93. The third kappa shape index (κ3) is 4.22. The van der Waals surface area contributed by atoms with Crippen LogP contribution in [0.2, 0.25) is 0 Å². The van der Waals surface area contributed by atoms with Crippen LogP contribution in [0, 0.1) is 11.7 Å². The second-order valence-corrected chi connectivity index (χ2v) is 7.19. The normalized spacial score (nSPS) is 18.9. The SMILES string of the molecule is CC(C)[C@H]1CN(C(=O)c2cc(=O)[nH][nH]2)CCCN1Cc1ccc(F)cc1. The zero-order chi connectivity index (χ0) is 18.7. The van der Waals surface area contributed by atoms with E-state index in [0.29, 0.717) is 24.7 Å². The van der Waals surface area contributed by atoms with Crippen molar-refractivity contribution in [3.8, 4) is 0 Å². The molecular formula is C19H25FN4O2. The molecule has 1 aromatic carbocycles. The molecule has 1 amide bonds. The van der Waals surface area contributed by atoms with Crippen LogP contribution in [0.15, 0.2) is 35.1 Å². The van der Waals surface area contributed by atoms with Crippen molar-refractivity contribution in [2.75, 3.05) is 19.6 Å². The highest BCUT2D eigenvalue weighted by Gasteiger charge is 2.30. The van der Waals surface area contributed by atoms with Gasteiger partial charge in [-0.2, -0.15) is 0 Å². The highest BCUT2D eigenvalue weighted by molar-refractivity contribution is 5.92. The van der Waals surface area contributed by atoms with E-state index in [4.69, 9.17) is 0 Å². The summed E-state index contributed by atoms with van der Waals surface area (Å²) in [6.07, 6.45) is 0.852. The van der Waals surface area contributed by atoms with Gasteiger partial charge >= 0.3 is 0 Å². The molecule has 0 aliphatic carbocycles. The predicted octanol–water partition coefficient (Wildman–Crippen LogP) is 2.21. The van der Waals surface area contributed by atoms with Crippen LogP contribution in [0.1, 0.15) is 36.3 Å². The van der Waals surface area contributed by atoms with E-state index in [9.17, 15) is 14.0 Å². The van der Waals surface area contributed by atoms with Gasteiger partial charge in [0, 0.05) is 38.3 Å². The number of H-pyrrole nitrogens is 2. The van der Waals surface area contributed by atoms with Crippen molar-refractivity contribution in [2.45, 2.75) is 32.9 Å². The van der Waals surface area contributed by atoms with Gasteiger partial charge in [-0.1, -0.05) is 26.0 Å². The Morgan fingerprint density at radius 1 is 1.23 bits per heavy atom. The van der Waals surface area contributed by atoms with Crippen molar-refractivity contribution < 1.29 is 9.18 Å². The summed E-state index contributed by atoms with van der Waals surface area (Å²) in [6.45, 7) is 7.14. The Morgan fingerprint density at radius 2 is 1.96 bits per heavy atom. The fourth-order valence-corrected chi connectivity index (χ4v) is 3.52. The number of benzene rings is 1. The van der Waals surface area contributed by atoms with Gasteiger partial charge in [0.05, 0.1) is 0 Å². The first-order chi connectivity index (χ1) is 12.4. The number of hydrogen-bond acceptors (Lipinski definition) is 3. The number of hydrogen-bond donors (Lipinski definition) is 2. The first-order valence-electron chi connectivity index (χ1n) is 8.99. The first kappa shape index (κ1) is 18.4. The highest BCUT2D eigenvalue weighted by Crippen LogP contribution is 2.21. The van der Waals surface area contributed by atoms with Gasteiger partial charge in [0.25, 0.3) is 11.5 Å². The van der Waals surface area contributed by atoms with Crippen LogP contribution < -0.4 is 5.56 Å². The standard InChI is InChI=1S/C19H25FN4O2/c1-13(2)17-12-24(19(26)16-10-18(25)22-21-16)9-3-8-23(17)11-14-4-6-15(20)7-5-14/h4-7,10,13,17H,3,8-9,11-12H2,1-2H3,(H2,21,22,25)/t17-/m1/s1. The molecule has 2 aromatic rings. The molecule has 1 saturated heterocycles. The molecule has 2 N–H and O–H groups in total. The molecule has 1 aromatic heterocycles. The van der Waals surface area contributed by atoms with Gasteiger partial charge in [0.1, 0.15) is 11.5 Å². The lowest BCUT2D eigenvalue weighted by Gasteiger charge is -2.34. The van der Waals surface area contributed by atoms with Crippen LogP contribution in [0.4, 0.5) is 4.39 Å². The Kier molecular flexibility index (Phi) is 5.56. The Balaban J connectivity index is 1.75. The number of aromatic nitrogens is 2. The second-order valence-electron chi connectivity index (χ2n) is 7.19. The summed E-state index contributed by atoms with van der Waals surface area (Å²) in [6, 6.07) is 8.08. The van der Waals surface area contributed by atoms with E-state index in [1.54, 1.807) is 0 Å². The van der Waals surface area contributed by atoms with Gasteiger partial charge in [0.15, 0.2) is 0 Å². The van der Waals surface area contributed by atoms with Gasteiger partial charge in [-0.3, -0.25) is 24.7 Å². The summed E-state index contributed by atoms with van der Waals surface area (Å²) in [7, 11) is 0. The van der Waals surface area contributed by atoms with Gasteiger partial charge in [0.2, 0.25) is 0 Å². The minimum atomic E-state index is -0.304. The quantitative estimate of drug-likeness (QED) is 0.878. The van der Waals surface area contributed by atoms with Crippen LogP contribution >= 0.6 is 0 Å². The second kappa shape index (κ2) is 7.86. The summed E-state index contributed by atoms with van der Waals surface area (Å²) in [5, 5.41) is 5.06. The van der Waals surface area contributed by atoms with Crippen LogP contribution in [0.5, 0.6) is 0 Å². The first-order valence-corrected chi connectivity index (χ1v) is 8.99. The molecule has 26 heavy (non-hydrogen) atoms. The molecule has 1 atom stereocenters. The lowest BCUT2D eigenvalue weighted by atomic mass is 10.0. The largest absolute Gasteiger partial charge is 0.336 e. The van der Waals surface area contributed by atoms with Crippen molar-refractivity contribution in [1.82, 2.24) is 20.0 Å². The van der Waals surface area contributed by atoms with E-state index >= 15 is 0 Å². The van der Waals surface area contributed by atoms with Gasteiger partial charge in [-0.25, -0.2) is 4.39 Å². The highest BCUT2D eigenvalue weighted by atomic mass is 19.1. The minimum absolute atomic E-state index is 0.155. The maximum atomic E-state index is 13.2. The van der Waals surface area contributed by atoms with E-state index in [1.165, 1.54) is 18.2 Å². The summed E-state index contributed by atoms with van der Waals surface area (Å²) < 4.78 is 13.2. The van der Waals surface area contributed by atoms with Crippen molar-refractivity contribution in [3.63, 3.8) is 0 Å². The van der Waals surface area contributed by atoms with Crippen LogP contribution in [-0.4, -0.2) is 51.6 Å². The van der Waals surface area contributed by atoms with Crippen LogP contribution in [-0.2, 0) is 6.54 Å². The van der Waals surface area contributed by atoms with E-state index in [1.807, 2.05) is 17.0 Å². The molecule has 1 aliphatic rings. The Hall–Kier alpha value is -2.41. The van der Waals surface area contributed by atoms with E-state index in [-0.39, 0.29) is 23.3 Å². The van der Waals surface area contributed by atoms with Crippen molar-refractivity contribution in [3.05, 3.63) is 57.8 Å². The van der Waals surface area contributed by atoms with E-state index in [2.05, 4.69) is 28.9 Å². The van der Waals surface area contributed by atoms with Gasteiger partial charge in [-0.15, -0.1) is 0 Å². The number of nitrogens with zero attached hydrogens (tertiary/aromatic N) is 2. The van der Waals surface area contributed by atoms with Crippen LogP contribution in [0.25, 0.3) is 0 Å². The van der Waals surface area contributed by atoms with Gasteiger partial charge < -0.3 is 4.90 Å². The number of rotatable bonds is 4. The maximum Gasteiger partial charge on any atom is 0.271 e. The molecule has 0 bridgehead atoms. The third-order valence-corrected chi connectivity index (χ3v) is 4.93. The fourth-order valence-electron chi connectivity index (χ4n) is 3.52. The van der Waals surface area contributed by atoms with Crippen molar-refractivity contribution >= 4 is 5.91 Å². The monoisotopic (exact) mass is 360 g/mol. The maximum absolute atomic E-state index is 13.2. The predicted molar refractivity (Wildman–Crippen MR) is 97.4 cm³/mol. The Labute approximate surface area is 152 Å². The Bertz CT molecular complexity index is 796. The molecule has 3 rings (SSSR count). The lowest BCUT2D eigenvalue weighted by molar-refractivity contribution is 0.0696. The van der Waals surface area contributed by atoms with Crippen LogP contribution in [0.3, 0.4) is 0 Å². The molecule has 0 spiro atoms. The molecule has 1 fully saturated rings. The molecule has 0 unspecified atom stereocenters. The van der Waals surface area contributed by atoms with E-state index < -0.39 is 0 Å². The number of aromatic amines is 2. The van der Waals surface area contributed by atoms with E-state index in [0.717, 1.165) is 25.1 Å². The van der Waals surface area contributed by atoms with Crippen molar-refractivity contribution in [2.24, 2.45) is 5.92 Å². The summed E-state index contributed by atoms with van der Waals surface area (Å²) >= 11 is 0. The number of amides is 1. The average molecular weight is 360 g/mol. The molecular weight excluding hydrogens is 335 g/mol. The topological polar surface area (TPSA) is 72.2 Å². The molecule has 1 aliphatic heterocycles.